The Balaban J connectivity index is 1.93. The van der Waals surface area contributed by atoms with Gasteiger partial charge in [-0.3, -0.25) is 14.2 Å². The lowest BCUT2D eigenvalue weighted by Gasteiger charge is -2.14. The van der Waals surface area contributed by atoms with Crippen molar-refractivity contribution in [3.8, 4) is 11.1 Å². The van der Waals surface area contributed by atoms with Crippen LogP contribution in [-0.2, 0) is 11.3 Å². The van der Waals surface area contributed by atoms with Crippen LogP contribution in [0.4, 0.5) is 0 Å². The number of nitrogens with zero attached hydrogens (tertiary/aromatic N) is 2. The highest BCUT2D eigenvalue weighted by molar-refractivity contribution is 7.17. The molecular weight excluding hydrogens is 368 g/mol. The van der Waals surface area contributed by atoms with Gasteiger partial charge in [0.1, 0.15) is 16.4 Å². The Labute approximate surface area is 167 Å². The Morgan fingerprint density at radius 1 is 1.14 bits per heavy atom. The summed E-state index contributed by atoms with van der Waals surface area (Å²) in [5.74, 6) is 0.919. The van der Waals surface area contributed by atoms with Crippen molar-refractivity contribution in [1.82, 2.24) is 9.55 Å². The van der Waals surface area contributed by atoms with Gasteiger partial charge >= 0.3 is 0 Å². The summed E-state index contributed by atoms with van der Waals surface area (Å²) in [7, 11) is 0. The monoisotopic (exact) mass is 390 g/mol. The Morgan fingerprint density at radius 2 is 1.89 bits per heavy atom. The number of benzene rings is 2. The molecule has 0 unspecified atom stereocenters. The fourth-order valence-electron chi connectivity index (χ4n) is 3.54. The van der Waals surface area contributed by atoms with E-state index in [-0.39, 0.29) is 17.3 Å². The predicted octanol–water partition coefficient (Wildman–Crippen LogP) is 5.38. The van der Waals surface area contributed by atoms with Gasteiger partial charge in [0.15, 0.2) is 0 Å². The molecule has 0 atom stereocenters. The number of fused-ring (bicyclic) bond motifs is 2. The molecule has 0 aliphatic heterocycles. The predicted molar refractivity (Wildman–Crippen MR) is 116 cm³/mol. The van der Waals surface area contributed by atoms with E-state index >= 15 is 0 Å². The SMILES string of the molecule is CC(=O)CCn1c(C(C)C)nc2scc(-c3ccc4ccccc4c3)c2c1=O. The van der Waals surface area contributed by atoms with E-state index in [1.165, 1.54) is 16.7 Å². The van der Waals surface area contributed by atoms with E-state index in [0.29, 0.717) is 18.4 Å². The minimum Gasteiger partial charge on any atom is -0.300 e. The zero-order chi connectivity index (χ0) is 19.8. The van der Waals surface area contributed by atoms with Crippen LogP contribution in [0.25, 0.3) is 32.1 Å². The summed E-state index contributed by atoms with van der Waals surface area (Å²) >= 11 is 1.50. The van der Waals surface area contributed by atoms with Crippen LogP contribution in [0.5, 0.6) is 0 Å². The van der Waals surface area contributed by atoms with E-state index in [0.717, 1.165) is 27.2 Å². The molecule has 5 heteroatoms. The summed E-state index contributed by atoms with van der Waals surface area (Å²) in [5.41, 5.74) is 1.87. The molecule has 4 rings (SSSR count). The zero-order valence-electron chi connectivity index (χ0n) is 16.2. The molecular formula is C23H22N2O2S. The third kappa shape index (κ3) is 3.27. The molecule has 0 saturated carbocycles. The molecule has 2 aromatic carbocycles. The molecule has 0 amide bonds. The van der Waals surface area contributed by atoms with Crippen molar-refractivity contribution in [1.29, 1.82) is 0 Å². The molecule has 0 aliphatic rings. The average molecular weight is 391 g/mol. The summed E-state index contributed by atoms with van der Waals surface area (Å²) < 4.78 is 1.69. The van der Waals surface area contributed by atoms with E-state index in [4.69, 9.17) is 4.98 Å². The number of carbonyl (C=O) groups is 1. The number of aromatic nitrogens is 2. The van der Waals surface area contributed by atoms with Gasteiger partial charge in [-0.2, -0.15) is 0 Å². The summed E-state index contributed by atoms with van der Waals surface area (Å²) in [4.78, 5) is 30.5. The second-order valence-corrected chi connectivity index (χ2v) is 8.28. The number of thiophene rings is 1. The molecule has 4 aromatic rings. The van der Waals surface area contributed by atoms with E-state index in [1.54, 1.807) is 11.5 Å². The Morgan fingerprint density at radius 3 is 2.61 bits per heavy atom. The third-order valence-electron chi connectivity index (χ3n) is 4.99. The lowest BCUT2D eigenvalue weighted by molar-refractivity contribution is -0.117. The largest absolute Gasteiger partial charge is 0.300 e. The van der Waals surface area contributed by atoms with Gasteiger partial charge in [-0.25, -0.2) is 4.98 Å². The van der Waals surface area contributed by atoms with Crippen LogP contribution >= 0.6 is 11.3 Å². The molecule has 142 valence electrons. The number of hydrogen-bond acceptors (Lipinski definition) is 4. The van der Waals surface area contributed by atoms with Gasteiger partial charge in [-0.05, 0) is 29.3 Å². The molecule has 0 bridgehead atoms. The Bertz CT molecular complexity index is 1250. The third-order valence-corrected chi connectivity index (χ3v) is 5.86. The van der Waals surface area contributed by atoms with Gasteiger partial charge in [0, 0.05) is 29.8 Å². The zero-order valence-corrected chi connectivity index (χ0v) is 17.0. The topological polar surface area (TPSA) is 52.0 Å². The molecule has 2 aromatic heterocycles. The molecule has 2 heterocycles. The van der Waals surface area contributed by atoms with Crippen molar-refractivity contribution in [2.24, 2.45) is 0 Å². The first-order chi connectivity index (χ1) is 13.5. The number of carbonyl (C=O) groups excluding carboxylic acids is 1. The minimum atomic E-state index is -0.0561. The lowest BCUT2D eigenvalue weighted by Crippen LogP contribution is -2.26. The first kappa shape index (κ1) is 18.6. The van der Waals surface area contributed by atoms with Gasteiger partial charge in [0.05, 0.1) is 5.39 Å². The van der Waals surface area contributed by atoms with Gasteiger partial charge in [0.2, 0.25) is 0 Å². The standard InChI is InChI=1S/C23H22N2O2S/c1-14(2)21-24-22-20(23(27)25(21)11-10-15(3)26)19(13-28-22)18-9-8-16-6-4-5-7-17(16)12-18/h4-9,12-14H,10-11H2,1-3H3. The van der Waals surface area contributed by atoms with Gasteiger partial charge in [-0.1, -0.05) is 50.2 Å². The Hall–Kier alpha value is -2.79. The van der Waals surface area contributed by atoms with Crippen molar-refractivity contribution in [2.75, 3.05) is 0 Å². The molecule has 0 saturated heterocycles. The highest BCUT2D eigenvalue weighted by Crippen LogP contribution is 2.33. The maximum absolute atomic E-state index is 13.4. The van der Waals surface area contributed by atoms with E-state index in [1.807, 2.05) is 31.4 Å². The van der Waals surface area contributed by atoms with Crippen LogP contribution < -0.4 is 5.56 Å². The molecule has 0 spiro atoms. The second kappa shape index (κ2) is 7.32. The lowest BCUT2D eigenvalue weighted by atomic mass is 10.0. The van der Waals surface area contributed by atoms with Crippen molar-refractivity contribution in [3.05, 3.63) is 64.0 Å². The van der Waals surface area contributed by atoms with Gasteiger partial charge in [-0.15, -0.1) is 11.3 Å². The first-order valence-electron chi connectivity index (χ1n) is 9.46. The highest BCUT2D eigenvalue weighted by Gasteiger charge is 2.19. The van der Waals surface area contributed by atoms with Crippen molar-refractivity contribution >= 4 is 38.1 Å². The minimum absolute atomic E-state index is 0.0561. The summed E-state index contributed by atoms with van der Waals surface area (Å²) in [5, 5.41) is 4.98. The molecule has 4 nitrogen and oxygen atoms in total. The molecule has 0 N–H and O–H groups in total. The van der Waals surface area contributed by atoms with Gasteiger partial charge < -0.3 is 0 Å². The average Bonchev–Trinajstić information content (AvgIpc) is 3.10. The smallest absolute Gasteiger partial charge is 0.262 e. The number of Topliss-reactive ketones (excluding diaryl/α,β-unsaturated/α-hetero) is 1. The molecule has 28 heavy (non-hydrogen) atoms. The van der Waals surface area contributed by atoms with Gasteiger partial charge in [0.25, 0.3) is 5.56 Å². The van der Waals surface area contributed by atoms with Crippen LogP contribution in [0.3, 0.4) is 0 Å². The van der Waals surface area contributed by atoms with Crippen molar-refractivity contribution < 1.29 is 4.79 Å². The van der Waals surface area contributed by atoms with Crippen LogP contribution in [0.2, 0.25) is 0 Å². The summed E-state index contributed by atoms with van der Waals surface area (Å²) in [6.45, 7) is 5.97. The molecule has 0 fully saturated rings. The maximum atomic E-state index is 13.4. The van der Waals surface area contributed by atoms with Crippen LogP contribution in [0.1, 0.15) is 38.9 Å². The molecule has 0 radical (unpaired) electrons. The summed E-state index contributed by atoms with van der Waals surface area (Å²) in [6.07, 6.45) is 0.336. The number of hydrogen-bond donors (Lipinski definition) is 0. The highest BCUT2D eigenvalue weighted by atomic mass is 32.1. The van der Waals surface area contributed by atoms with E-state index in [2.05, 4.69) is 30.3 Å². The fraction of sp³-hybridized carbons (Fsp3) is 0.261. The second-order valence-electron chi connectivity index (χ2n) is 7.42. The Kier molecular flexibility index (Phi) is 4.85. The van der Waals surface area contributed by atoms with Crippen LogP contribution in [0.15, 0.2) is 52.6 Å². The fourth-order valence-corrected chi connectivity index (χ4v) is 4.48. The van der Waals surface area contributed by atoms with Crippen molar-refractivity contribution in [2.45, 2.75) is 39.7 Å². The van der Waals surface area contributed by atoms with Crippen molar-refractivity contribution in [3.63, 3.8) is 0 Å². The summed E-state index contributed by atoms with van der Waals surface area (Å²) in [6, 6.07) is 14.4. The van der Waals surface area contributed by atoms with Crippen LogP contribution in [0, 0.1) is 0 Å². The number of ketones is 1. The maximum Gasteiger partial charge on any atom is 0.262 e. The van der Waals surface area contributed by atoms with E-state index < -0.39 is 0 Å². The molecule has 0 aliphatic carbocycles. The number of rotatable bonds is 5. The normalized spacial score (nSPS) is 11.6. The quantitative estimate of drug-likeness (QED) is 0.460. The first-order valence-corrected chi connectivity index (χ1v) is 10.3. The van der Waals surface area contributed by atoms with E-state index in [9.17, 15) is 9.59 Å². The van der Waals surface area contributed by atoms with Crippen LogP contribution in [-0.4, -0.2) is 15.3 Å².